The summed E-state index contributed by atoms with van der Waals surface area (Å²) in [6, 6.07) is 5.84. The Morgan fingerprint density at radius 3 is 2.85 bits per heavy atom. The third kappa shape index (κ3) is 2.85. The number of nitrogens with one attached hydrogen (secondary N) is 2. The number of aromatic nitrogens is 1. The zero-order chi connectivity index (χ0) is 14.7. The Balaban J connectivity index is 2.24. The lowest BCUT2D eigenvalue weighted by Gasteiger charge is -2.13. The molecule has 1 aromatic heterocycles. The van der Waals surface area contributed by atoms with Crippen molar-refractivity contribution in [2.24, 2.45) is 0 Å². The van der Waals surface area contributed by atoms with Crippen LogP contribution < -0.4 is 5.32 Å². The highest BCUT2D eigenvalue weighted by Gasteiger charge is 2.15. The summed E-state index contributed by atoms with van der Waals surface area (Å²) in [5.74, 6) is -0.0673. The lowest BCUT2D eigenvalue weighted by atomic mass is 10.1. The SMILES string of the molecule is Cc1[nH]c2c(C(=O)NC(C)CCCO)cccc2c1C. The molecular weight excluding hydrogens is 252 g/mol. The van der Waals surface area contributed by atoms with Crippen LogP contribution in [0.1, 0.15) is 41.4 Å². The van der Waals surface area contributed by atoms with Crippen molar-refractivity contribution in [3.8, 4) is 0 Å². The molecule has 0 fully saturated rings. The van der Waals surface area contributed by atoms with Gasteiger partial charge in [-0.15, -0.1) is 0 Å². The third-order valence-corrected chi connectivity index (χ3v) is 3.76. The fourth-order valence-corrected chi connectivity index (χ4v) is 2.44. The van der Waals surface area contributed by atoms with Gasteiger partial charge in [-0.2, -0.15) is 0 Å². The molecular formula is C16H22N2O2. The molecule has 1 unspecified atom stereocenters. The van der Waals surface area contributed by atoms with Gasteiger partial charge in [-0.25, -0.2) is 0 Å². The molecule has 1 atom stereocenters. The Bertz CT molecular complexity index is 616. The predicted octanol–water partition coefficient (Wildman–Crippen LogP) is 2.68. The number of H-pyrrole nitrogens is 1. The number of rotatable bonds is 5. The van der Waals surface area contributed by atoms with Crippen LogP contribution in [0.25, 0.3) is 10.9 Å². The van der Waals surface area contributed by atoms with E-state index < -0.39 is 0 Å². The Kier molecular flexibility index (Phi) is 4.45. The molecule has 0 radical (unpaired) electrons. The molecule has 0 aliphatic heterocycles. The molecule has 2 rings (SSSR count). The summed E-state index contributed by atoms with van der Waals surface area (Å²) in [4.78, 5) is 15.7. The zero-order valence-corrected chi connectivity index (χ0v) is 12.3. The molecule has 0 saturated carbocycles. The second-order valence-corrected chi connectivity index (χ2v) is 5.34. The van der Waals surface area contributed by atoms with Crippen molar-refractivity contribution in [3.05, 3.63) is 35.0 Å². The standard InChI is InChI=1S/C16H22N2O2/c1-10(6-5-9-19)17-16(20)14-8-4-7-13-11(2)12(3)18-15(13)14/h4,7-8,10,18-19H,5-6,9H2,1-3H3,(H,17,20). The molecule has 3 N–H and O–H groups in total. The number of para-hydroxylation sites is 1. The lowest BCUT2D eigenvalue weighted by Crippen LogP contribution is -2.32. The molecule has 0 saturated heterocycles. The van der Waals surface area contributed by atoms with Crippen LogP contribution in [0, 0.1) is 13.8 Å². The number of aromatic amines is 1. The first-order valence-corrected chi connectivity index (χ1v) is 7.04. The van der Waals surface area contributed by atoms with Gasteiger partial charge in [0.1, 0.15) is 0 Å². The number of benzene rings is 1. The average molecular weight is 274 g/mol. The van der Waals surface area contributed by atoms with Gasteiger partial charge in [0.05, 0.1) is 11.1 Å². The summed E-state index contributed by atoms with van der Waals surface area (Å²) < 4.78 is 0. The summed E-state index contributed by atoms with van der Waals surface area (Å²) in [6.45, 7) is 6.18. The van der Waals surface area contributed by atoms with Gasteiger partial charge < -0.3 is 15.4 Å². The van der Waals surface area contributed by atoms with Crippen LogP contribution in [0.2, 0.25) is 0 Å². The quantitative estimate of drug-likeness (QED) is 0.785. The van der Waals surface area contributed by atoms with Crippen molar-refractivity contribution in [2.75, 3.05) is 6.61 Å². The van der Waals surface area contributed by atoms with Gasteiger partial charge in [-0.3, -0.25) is 4.79 Å². The summed E-state index contributed by atoms with van der Waals surface area (Å²) in [7, 11) is 0. The van der Waals surface area contributed by atoms with Gasteiger partial charge in [0.2, 0.25) is 0 Å². The molecule has 1 amide bonds. The van der Waals surface area contributed by atoms with Crippen molar-refractivity contribution < 1.29 is 9.90 Å². The second-order valence-electron chi connectivity index (χ2n) is 5.34. The number of aliphatic hydroxyl groups is 1. The minimum atomic E-state index is -0.0673. The zero-order valence-electron chi connectivity index (χ0n) is 12.3. The van der Waals surface area contributed by atoms with E-state index in [9.17, 15) is 4.79 Å². The van der Waals surface area contributed by atoms with Crippen LogP contribution in [0.15, 0.2) is 18.2 Å². The maximum Gasteiger partial charge on any atom is 0.253 e. The van der Waals surface area contributed by atoms with E-state index in [-0.39, 0.29) is 18.6 Å². The fraction of sp³-hybridized carbons (Fsp3) is 0.438. The van der Waals surface area contributed by atoms with Gasteiger partial charge in [0.15, 0.2) is 0 Å². The number of fused-ring (bicyclic) bond motifs is 1. The molecule has 4 heteroatoms. The van der Waals surface area contributed by atoms with Crippen LogP contribution in [0.3, 0.4) is 0 Å². The maximum atomic E-state index is 12.4. The Labute approximate surface area is 119 Å². The van der Waals surface area contributed by atoms with E-state index in [0.717, 1.165) is 23.0 Å². The summed E-state index contributed by atoms with van der Waals surface area (Å²) in [6.07, 6.45) is 1.48. The molecule has 2 aromatic rings. The van der Waals surface area contributed by atoms with E-state index in [0.29, 0.717) is 12.0 Å². The van der Waals surface area contributed by atoms with Crippen LogP contribution >= 0.6 is 0 Å². The molecule has 1 aromatic carbocycles. The van der Waals surface area contributed by atoms with Crippen LogP contribution in [0.5, 0.6) is 0 Å². The van der Waals surface area contributed by atoms with Crippen LogP contribution in [0.4, 0.5) is 0 Å². The second kappa shape index (κ2) is 6.09. The van der Waals surface area contributed by atoms with Gasteiger partial charge in [-0.1, -0.05) is 12.1 Å². The first kappa shape index (κ1) is 14.6. The number of aliphatic hydroxyl groups excluding tert-OH is 1. The summed E-state index contributed by atoms with van der Waals surface area (Å²) in [5, 5.41) is 12.9. The molecule has 0 aliphatic rings. The number of amides is 1. The Morgan fingerprint density at radius 2 is 2.15 bits per heavy atom. The van der Waals surface area contributed by atoms with E-state index in [2.05, 4.69) is 17.2 Å². The molecule has 20 heavy (non-hydrogen) atoms. The smallest absolute Gasteiger partial charge is 0.253 e. The first-order valence-electron chi connectivity index (χ1n) is 7.04. The van der Waals surface area contributed by atoms with Crippen LogP contribution in [-0.2, 0) is 0 Å². The first-order chi connectivity index (χ1) is 9.54. The lowest BCUT2D eigenvalue weighted by molar-refractivity contribution is 0.0938. The Morgan fingerprint density at radius 1 is 1.40 bits per heavy atom. The maximum absolute atomic E-state index is 12.4. The summed E-state index contributed by atoms with van der Waals surface area (Å²) >= 11 is 0. The number of hydrogen-bond donors (Lipinski definition) is 3. The molecule has 108 valence electrons. The van der Waals surface area contributed by atoms with Crippen molar-refractivity contribution in [1.82, 2.24) is 10.3 Å². The fourth-order valence-electron chi connectivity index (χ4n) is 2.44. The monoisotopic (exact) mass is 274 g/mol. The van der Waals surface area contributed by atoms with Gasteiger partial charge in [0, 0.05) is 23.7 Å². The summed E-state index contributed by atoms with van der Waals surface area (Å²) in [5.41, 5.74) is 3.85. The largest absolute Gasteiger partial charge is 0.396 e. The molecule has 0 bridgehead atoms. The highest BCUT2D eigenvalue weighted by atomic mass is 16.3. The predicted molar refractivity (Wildman–Crippen MR) is 81.0 cm³/mol. The Hall–Kier alpha value is -1.81. The van der Waals surface area contributed by atoms with E-state index in [1.165, 1.54) is 5.56 Å². The number of hydrogen-bond acceptors (Lipinski definition) is 2. The van der Waals surface area contributed by atoms with Gasteiger partial charge >= 0.3 is 0 Å². The normalized spacial score (nSPS) is 12.6. The van der Waals surface area contributed by atoms with Crippen molar-refractivity contribution in [1.29, 1.82) is 0 Å². The molecule has 4 nitrogen and oxygen atoms in total. The molecule has 0 aliphatic carbocycles. The van der Waals surface area contributed by atoms with Crippen molar-refractivity contribution in [2.45, 2.75) is 39.7 Å². The van der Waals surface area contributed by atoms with Crippen molar-refractivity contribution in [3.63, 3.8) is 0 Å². The topological polar surface area (TPSA) is 65.1 Å². The number of carbonyl (C=O) groups excluding carboxylic acids is 1. The van der Waals surface area contributed by atoms with E-state index in [4.69, 9.17) is 5.11 Å². The third-order valence-electron chi connectivity index (χ3n) is 3.76. The highest BCUT2D eigenvalue weighted by molar-refractivity contribution is 6.06. The van der Waals surface area contributed by atoms with E-state index in [1.807, 2.05) is 32.0 Å². The minimum absolute atomic E-state index is 0.0575. The minimum Gasteiger partial charge on any atom is -0.396 e. The average Bonchev–Trinajstić information content (AvgIpc) is 2.72. The highest BCUT2D eigenvalue weighted by Crippen LogP contribution is 2.24. The molecule has 1 heterocycles. The number of carbonyl (C=O) groups is 1. The van der Waals surface area contributed by atoms with Gasteiger partial charge in [-0.05, 0) is 45.2 Å². The molecule has 0 spiro atoms. The van der Waals surface area contributed by atoms with E-state index in [1.54, 1.807) is 0 Å². The van der Waals surface area contributed by atoms with Crippen LogP contribution in [-0.4, -0.2) is 28.6 Å². The van der Waals surface area contributed by atoms with E-state index >= 15 is 0 Å². The number of aryl methyl sites for hydroxylation is 2. The van der Waals surface area contributed by atoms with Gasteiger partial charge in [0.25, 0.3) is 5.91 Å². The van der Waals surface area contributed by atoms with Crippen molar-refractivity contribution >= 4 is 16.8 Å².